The molecule has 0 radical (unpaired) electrons. The van der Waals surface area contributed by atoms with Gasteiger partial charge in [0.25, 0.3) is 0 Å². The van der Waals surface area contributed by atoms with E-state index < -0.39 is 6.04 Å². The number of carbonyl (C=O) groups excluding carboxylic acids is 1. The number of hydrogen-bond donors (Lipinski definition) is 3. The second-order valence-electron chi connectivity index (χ2n) is 4.18. The molecule has 0 aromatic heterocycles. The van der Waals surface area contributed by atoms with E-state index in [2.05, 4.69) is 5.32 Å². The van der Waals surface area contributed by atoms with Crippen molar-refractivity contribution in [1.29, 1.82) is 0 Å². The number of unbranched alkanes of at least 4 members (excludes halogenated alkanes) is 1. The minimum absolute atomic E-state index is 0.133. The van der Waals surface area contributed by atoms with Crippen LogP contribution in [0, 0.1) is 6.92 Å². The Labute approximate surface area is 102 Å². The summed E-state index contributed by atoms with van der Waals surface area (Å²) < 4.78 is 0. The highest BCUT2D eigenvalue weighted by Gasteiger charge is 2.14. The molecule has 1 atom stereocenters. The number of nitrogens with one attached hydrogen (secondary N) is 1. The molecule has 0 heterocycles. The lowest BCUT2D eigenvalue weighted by molar-refractivity contribution is -0.122. The van der Waals surface area contributed by atoms with Crippen molar-refractivity contribution < 1.29 is 4.79 Å². The van der Waals surface area contributed by atoms with Gasteiger partial charge in [0.1, 0.15) is 6.04 Å². The van der Waals surface area contributed by atoms with Gasteiger partial charge in [-0.05, 0) is 31.9 Å². The Hall–Kier alpha value is -1.39. The molecule has 1 rings (SSSR count). The smallest absolute Gasteiger partial charge is 0.241 e. The highest BCUT2D eigenvalue weighted by atomic mass is 16.2. The fourth-order valence-corrected chi connectivity index (χ4v) is 1.52. The van der Waals surface area contributed by atoms with Crippen LogP contribution in [-0.2, 0) is 4.79 Å². The number of benzene rings is 1. The summed E-state index contributed by atoms with van der Waals surface area (Å²) >= 11 is 0. The topological polar surface area (TPSA) is 81.1 Å². The summed E-state index contributed by atoms with van der Waals surface area (Å²) in [5.41, 5.74) is 13.2. The number of nitrogens with two attached hydrogens (primary N) is 2. The molecule has 94 valence electrons. The molecule has 4 nitrogen and oxygen atoms in total. The molecule has 0 aliphatic rings. The van der Waals surface area contributed by atoms with Gasteiger partial charge in [-0.2, -0.15) is 0 Å². The Morgan fingerprint density at radius 1 is 1.29 bits per heavy atom. The zero-order chi connectivity index (χ0) is 12.7. The lowest BCUT2D eigenvalue weighted by atomic mass is 10.1. The van der Waals surface area contributed by atoms with Crippen LogP contribution in [0.4, 0.5) is 0 Å². The van der Waals surface area contributed by atoms with Crippen LogP contribution in [-0.4, -0.2) is 19.0 Å². The van der Waals surface area contributed by atoms with Crippen LogP contribution in [0.5, 0.6) is 0 Å². The van der Waals surface area contributed by atoms with Crippen LogP contribution in [0.15, 0.2) is 24.3 Å². The fourth-order valence-electron chi connectivity index (χ4n) is 1.52. The summed E-state index contributed by atoms with van der Waals surface area (Å²) in [6.45, 7) is 3.29. The van der Waals surface area contributed by atoms with Gasteiger partial charge in [-0.3, -0.25) is 4.79 Å². The number of hydrogen-bond acceptors (Lipinski definition) is 3. The summed E-state index contributed by atoms with van der Waals surface area (Å²) in [6.07, 6.45) is 1.81. The van der Waals surface area contributed by atoms with Gasteiger partial charge in [-0.15, -0.1) is 0 Å². The van der Waals surface area contributed by atoms with E-state index in [0.29, 0.717) is 13.1 Å². The molecule has 0 aliphatic carbocycles. The molecule has 0 aliphatic heterocycles. The van der Waals surface area contributed by atoms with Crippen molar-refractivity contribution in [3.05, 3.63) is 35.4 Å². The Morgan fingerprint density at radius 3 is 2.53 bits per heavy atom. The van der Waals surface area contributed by atoms with Gasteiger partial charge in [-0.1, -0.05) is 29.8 Å². The standard InChI is InChI=1S/C13H21N3O/c1-10-4-6-11(7-5-10)12(15)13(17)16-9-3-2-8-14/h4-7,12H,2-3,8-9,14-15H2,1H3,(H,16,17). The molecule has 5 N–H and O–H groups in total. The first-order chi connectivity index (χ1) is 8.15. The molecule has 0 saturated carbocycles. The maximum atomic E-state index is 11.7. The van der Waals surface area contributed by atoms with E-state index >= 15 is 0 Å². The molecule has 1 amide bonds. The molecular formula is C13H21N3O. The summed E-state index contributed by atoms with van der Waals surface area (Å²) in [7, 11) is 0. The Balaban J connectivity index is 2.43. The highest BCUT2D eigenvalue weighted by molar-refractivity contribution is 5.82. The third-order valence-electron chi connectivity index (χ3n) is 2.65. The lowest BCUT2D eigenvalue weighted by Gasteiger charge is -2.12. The summed E-state index contributed by atoms with van der Waals surface area (Å²) in [4.78, 5) is 11.7. The minimum atomic E-state index is -0.589. The number of amides is 1. The molecule has 0 bridgehead atoms. The van der Waals surface area contributed by atoms with Crippen molar-refractivity contribution in [2.45, 2.75) is 25.8 Å². The monoisotopic (exact) mass is 235 g/mol. The van der Waals surface area contributed by atoms with Crippen molar-refractivity contribution in [2.75, 3.05) is 13.1 Å². The molecule has 17 heavy (non-hydrogen) atoms. The Kier molecular flexibility index (Phi) is 5.66. The van der Waals surface area contributed by atoms with Crippen LogP contribution in [0.2, 0.25) is 0 Å². The predicted octanol–water partition coefficient (Wildman–Crippen LogP) is 0.850. The SMILES string of the molecule is Cc1ccc(C(N)C(=O)NCCCCN)cc1. The lowest BCUT2D eigenvalue weighted by Crippen LogP contribution is -2.34. The molecule has 0 spiro atoms. The summed E-state index contributed by atoms with van der Waals surface area (Å²) in [5.74, 6) is -0.133. The van der Waals surface area contributed by atoms with Gasteiger partial charge in [0.2, 0.25) is 5.91 Å². The molecular weight excluding hydrogens is 214 g/mol. The van der Waals surface area contributed by atoms with Gasteiger partial charge in [0.05, 0.1) is 0 Å². The average molecular weight is 235 g/mol. The quantitative estimate of drug-likeness (QED) is 0.639. The second kappa shape index (κ2) is 7.04. The van der Waals surface area contributed by atoms with Crippen LogP contribution in [0.25, 0.3) is 0 Å². The van der Waals surface area contributed by atoms with Crippen molar-refractivity contribution in [1.82, 2.24) is 5.32 Å². The largest absolute Gasteiger partial charge is 0.354 e. The molecule has 0 fully saturated rings. The maximum Gasteiger partial charge on any atom is 0.241 e. The van der Waals surface area contributed by atoms with E-state index in [-0.39, 0.29) is 5.91 Å². The summed E-state index contributed by atoms with van der Waals surface area (Å²) in [6, 6.07) is 7.10. The molecule has 1 unspecified atom stereocenters. The normalized spacial score (nSPS) is 12.2. The highest BCUT2D eigenvalue weighted by Crippen LogP contribution is 2.11. The molecule has 0 saturated heterocycles. The third kappa shape index (κ3) is 4.54. The van der Waals surface area contributed by atoms with Gasteiger partial charge in [0.15, 0.2) is 0 Å². The Bertz CT molecular complexity index is 348. The summed E-state index contributed by atoms with van der Waals surface area (Å²) in [5, 5.41) is 2.81. The maximum absolute atomic E-state index is 11.7. The predicted molar refractivity (Wildman–Crippen MR) is 69.4 cm³/mol. The van der Waals surface area contributed by atoms with Crippen LogP contribution < -0.4 is 16.8 Å². The van der Waals surface area contributed by atoms with E-state index in [1.54, 1.807) is 0 Å². The van der Waals surface area contributed by atoms with E-state index in [1.807, 2.05) is 31.2 Å². The van der Waals surface area contributed by atoms with Gasteiger partial charge in [-0.25, -0.2) is 0 Å². The number of carbonyl (C=O) groups is 1. The van der Waals surface area contributed by atoms with Crippen molar-refractivity contribution in [3.8, 4) is 0 Å². The van der Waals surface area contributed by atoms with Crippen molar-refractivity contribution in [2.24, 2.45) is 11.5 Å². The zero-order valence-corrected chi connectivity index (χ0v) is 10.3. The van der Waals surface area contributed by atoms with Crippen LogP contribution in [0.3, 0.4) is 0 Å². The third-order valence-corrected chi connectivity index (χ3v) is 2.65. The van der Waals surface area contributed by atoms with E-state index in [1.165, 1.54) is 0 Å². The van der Waals surface area contributed by atoms with E-state index in [0.717, 1.165) is 24.0 Å². The Morgan fingerprint density at radius 2 is 1.94 bits per heavy atom. The molecule has 4 heteroatoms. The first-order valence-electron chi connectivity index (χ1n) is 5.95. The minimum Gasteiger partial charge on any atom is -0.354 e. The number of rotatable bonds is 6. The van der Waals surface area contributed by atoms with Gasteiger partial charge in [0, 0.05) is 6.54 Å². The first kappa shape index (κ1) is 13.7. The molecule has 1 aromatic carbocycles. The van der Waals surface area contributed by atoms with Gasteiger partial charge < -0.3 is 16.8 Å². The zero-order valence-electron chi connectivity index (χ0n) is 10.3. The first-order valence-corrected chi connectivity index (χ1v) is 5.95. The number of aryl methyl sites for hydroxylation is 1. The average Bonchev–Trinajstić information content (AvgIpc) is 2.34. The van der Waals surface area contributed by atoms with Gasteiger partial charge >= 0.3 is 0 Å². The van der Waals surface area contributed by atoms with E-state index in [9.17, 15) is 4.79 Å². The van der Waals surface area contributed by atoms with Crippen molar-refractivity contribution >= 4 is 5.91 Å². The van der Waals surface area contributed by atoms with E-state index in [4.69, 9.17) is 11.5 Å². The van der Waals surface area contributed by atoms with Crippen LogP contribution in [0.1, 0.15) is 30.0 Å². The molecule has 1 aromatic rings. The van der Waals surface area contributed by atoms with Crippen LogP contribution >= 0.6 is 0 Å². The van der Waals surface area contributed by atoms with Crippen molar-refractivity contribution in [3.63, 3.8) is 0 Å². The fraction of sp³-hybridized carbons (Fsp3) is 0.462. The second-order valence-corrected chi connectivity index (χ2v) is 4.18.